The summed E-state index contributed by atoms with van der Waals surface area (Å²) in [4.78, 5) is 22.4. The summed E-state index contributed by atoms with van der Waals surface area (Å²) in [5.41, 5.74) is -0.0118. The summed E-state index contributed by atoms with van der Waals surface area (Å²) in [5, 5.41) is 8.85. The molecule has 0 aliphatic carbocycles. The summed E-state index contributed by atoms with van der Waals surface area (Å²) in [6, 6.07) is 5.13. The second-order valence-corrected chi connectivity index (χ2v) is 6.52. The predicted molar refractivity (Wildman–Crippen MR) is 83.7 cm³/mol. The minimum atomic E-state index is -4.13. The van der Waals surface area contributed by atoms with Gasteiger partial charge in [-0.15, -0.1) is 0 Å². The number of carbonyl (C=O) groups excluding carboxylic acids is 1. The van der Waals surface area contributed by atoms with Crippen LogP contribution in [0.4, 0.5) is 5.69 Å². The summed E-state index contributed by atoms with van der Waals surface area (Å²) in [5.74, 6) is -1.78. The molecule has 0 unspecified atom stereocenters. The molecule has 0 saturated carbocycles. The summed E-state index contributed by atoms with van der Waals surface area (Å²) in [6.07, 6.45) is 0. The Kier molecular flexibility index (Phi) is 4.65. The van der Waals surface area contributed by atoms with Gasteiger partial charge in [-0.1, -0.05) is 0 Å². The Morgan fingerprint density at radius 1 is 1.12 bits per heavy atom. The molecule has 0 aliphatic heterocycles. The standard InChI is InChI=1S/C15H15NO7S/c1-8-12(15(19)22-3)13(9(2)23-8)24(20,21)16-11-6-4-10(5-7-11)14(17)18/h4-7,16H,1-3H3,(H,17,18). The van der Waals surface area contributed by atoms with Crippen molar-refractivity contribution in [2.75, 3.05) is 11.8 Å². The van der Waals surface area contributed by atoms with Crippen molar-refractivity contribution in [2.45, 2.75) is 18.7 Å². The van der Waals surface area contributed by atoms with Gasteiger partial charge in [0.15, 0.2) is 0 Å². The molecule has 0 amide bonds. The predicted octanol–water partition coefficient (Wildman–Crippen LogP) is 2.18. The number of sulfonamides is 1. The van der Waals surface area contributed by atoms with Crippen molar-refractivity contribution in [1.29, 1.82) is 0 Å². The maximum Gasteiger partial charge on any atom is 0.342 e. The third-order valence-electron chi connectivity index (χ3n) is 3.25. The smallest absolute Gasteiger partial charge is 0.342 e. The van der Waals surface area contributed by atoms with Crippen molar-refractivity contribution in [3.05, 3.63) is 46.9 Å². The number of furan rings is 1. The monoisotopic (exact) mass is 353 g/mol. The van der Waals surface area contributed by atoms with Crippen LogP contribution in [0.5, 0.6) is 0 Å². The molecule has 0 atom stereocenters. The molecule has 1 aromatic heterocycles. The third kappa shape index (κ3) is 3.25. The zero-order valence-electron chi connectivity index (χ0n) is 13.1. The van der Waals surface area contributed by atoms with Gasteiger partial charge in [-0.25, -0.2) is 18.0 Å². The molecule has 0 aliphatic rings. The molecule has 24 heavy (non-hydrogen) atoms. The van der Waals surface area contributed by atoms with Crippen LogP contribution in [0.2, 0.25) is 0 Å². The molecule has 1 heterocycles. The van der Waals surface area contributed by atoms with Crippen LogP contribution in [0.25, 0.3) is 0 Å². The van der Waals surface area contributed by atoms with Crippen molar-refractivity contribution < 1.29 is 32.3 Å². The number of aryl methyl sites for hydroxylation is 2. The fourth-order valence-electron chi connectivity index (χ4n) is 2.21. The van der Waals surface area contributed by atoms with Crippen LogP contribution in [0.15, 0.2) is 33.6 Å². The Bertz CT molecular complexity index is 895. The molecular weight excluding hydrogens is 338 g/mol. The van der Waals surface area contributed by atoms with E-state index in [2.05, 4.69) is 9.46 Å². The quantitative estimate of drug-likeness (QED) is 0.790. The minimum absolute atomic E-state index is 0.0172. The molecule has 1 aromatic carbocycles. The van der Waals surface area contributed by atoms with Gasteiger partial charge >= 0.3 is 11.9 Å². The van der Waals surface area contributed by atoms with Gasteiger partial charge in [0.1, 0.15) is 22.0 Å². The normalized spacial score (nSPS) is 11.1. The maximum atomic E-state index is 12.6. The maximum absolute atomic E-state index is 12.6. The fourth-order valence-corrected chi connectivity index (χ4v) is 3.68. The highest BCUT2D eigenvalue weighted by atomic mass is 32.2. The Hall–Kier alpha value is -2.81. The van der Waals surface area contributed by atoms with E-state index in [1.807, 2.05) is 0 Å². The van der Waals surface area contributed by atoms with Gasteiger partial charge in [0, 0.05) is 5.69 Å². The van der Waals surface area contributed by atoms with E-state index in [9.17, 15) is 18.0 Å². The minimum Gasteiger partial charge on any atom is -0.478 e. The molecule has 8 nitrogen and oxygen atoms in total. The second-order valence-electron chi connectivity index (χ2n) is 4.90. The van der Waals surface area contributed by atoms with E-state index in [4.69, 9.17) is 9.52 Å². The fraction of sp³-hybridized carbons (Fsp3) is 0.200. The Labute approximate surface area is 138 Å². The first-order valence-electron chi connectivity index (χ1n) is 6.72. The van der Waals surface area contributed by atoms with Gasteiger partial charge in [0.2, 0.25) is 0 Å². The molecule has 0 saturated heterocycles. The Balaban J connectivity index is 2.44. The average Bonchev–Trinajstić information content (AvgIpc) is 2.81. The molecule has 0 radical (unpaired) electrons. The third-order valence-corrected chi connectivity index (χ3v) is 4.78. The molecule has 0 spiro atoms. The molecule has 2 rings (SSSR count). The summed E-state index contributed by atoms with van der Waals surface area (Å²) in [7, 11) is -3.00. The van der Waals surface area contributed by atoms with E-state index in [0.29, 0.717) is 0 Å². The number of ether oxygens (including phenoxy) is 1. The first-order valence-corrected chi connectivity index (χ1v) is 8.20. The van der Waals surface area contributed by atoms with Crippen LogP contribution in [0.1, 0.15) is 32.2 Å². The second kappa shape index (κ2) is 6.36. The number of nitrogens with one attached hydrogen (secondary N) is 1. The van der Waals surface area contributed by atoms with E-state index < -0.39 is 22.0 Å². The zero-order chi connectivity index (χ0) is 18.1. The van der Waals surface area contributed by atoms with Gasteiger partial charge in [-0.05, 0) is 38.1 Å². The van der Waals surface area contributed by atoms with Gasteiger partial charge in [0.05, 0.1) is 12.7 Å². The highest BCUT2D eigenvalue weighted by molar-refractivity contribution is 7.92. The SMILES string of the molecule is COC(=O)c1c(C)oc(C)c1S(=O)(=O)Nc1ccc(C(=O)O)cc1. The number of carboxylic acids is 1. The lowest BCUT2D eigenvalue weighted by molar-refractivity contribution is 0.0594. The van der Waals surface area contributed by atoms with Gasteiger partial charge in [0.25, 0.3) is 10.0 Å². The van der Waals surface area contributed by atoms with Crippen molar-refractivity contribution in [1.82, 2.24) is 0 Å². The molecule has 0 bridgehead atoms. The number of carbonyl (C=O) groups is 2. The lowest BCUT2D eigenvalue weighted by atomic mass is 10.2. The van der Waals surface area contributed by atoms with Crippen LogP contribution in [0.3, 0.4) is 0 Å². The molecule has 128 valence electrons. The topological polar surface area (TPSA) is 123 Å². The number of rotatable bonds is 5. The zero-order valence-corrected chi connectivity index (χ0v) is 13.9. The van der Waals surface area contributed by atoms with Crippen molar-refractivity contribution in [3.8, 4) is 0 Å². The van der Waals surface area contributed by atoms with E-state index in [1.54, 1.807) is 0 Å². The van der Waals surface area contributed by atoms with Crippen molar-refractivity contribution in [2.24, 2.45) is 0 Å². The number of methoxy groups -OCH3 is 1. The van der Waals surface area contributed by atoms with Crippen LogP contribution >= 0.6 is 0 Å². The first kappa shape index (κ1) is 17.5. The summed E-state index contributed by atoms with van der Waals surface area (Å²) < 4.78 is 37.3. The Morgan fingerprint density at radius 3 is 2.21 bits per heavy atom. The van der Waals surface area contributed by atoms with Gasteiger partial charge < -0.3 is 14.3 Å². The average molecular weight is 353 g/mol. The summed E-state index contributed by atoms with van der Waals surface area (Å²) in [6.45, 7) is 2.88. The van der Waals surface area contributed by atoms with Crippen LogP contribution in [-0.2, 0) is 14.8 Å². The van der Waals surface area contributed by atoms with E-state index in [-0.39, 0.29) is 33.2 Å². The summed E-state index contributed by atoms with van der Waals surface area (Å²) >= 11 is 0. The van der Waals surface area contributed by atoms with Crippen LogP contribution in [0, 0.1) is 13.8 Å². The molecule has 9 heteroatoms. The highest BCUT2D eigenvalue weighted by Crippen LogP contribution is 2.29. The largest absolute Gasteiger partial charge is 0.478 e. The first-order chi connectivity index (χ1) is 11.2. The van der Waals surface area contributed by atoms with Gasteiger partial charge in [-0.2, -0.15) is 0 Å². The number of hydrogen-bond acceptors (Lipinski definition) is 6. The molecular formula is C15H15NO7S. The van der Waals surface area contributed by atoms with E-state index in [1.165, 1.54) is 38.1 Å². The molecule has 0 fully saturated rings. The van der Waals surface area contributed by atoms with E-state index in [0.717, 1.165) is 7.11 Å². The highest BCUT2D eigenvalue weighted by Gasteiger charge is 2.31. The number of aromatic carboxylic acids is 1. The number of anilines is 1. The van der Waals surface area contributed by atoms with Crippen molar-refractivity contribution >= 4 is 27.6 Å². The number of esters is 1. The lowest BCUT2D eigenvalue weighted by Gasteiger charge is -2.09. The van der Waals surface area contributed by atoms with Crippen molar-refractivity contribution in [3.63, 3.8) is 0 Å². The number of hydrogen-bond donors (Lipinski definition) is 2. The lowest BCUT2D eigenvalue weighted by Crippen LogP contribution is -2.17. The Morgan fingerprint density at radius 2 is 1.71 bits per heavy atom. The van der Waals surface area contributed by atoms with E-state index >= 15 is 0 Å². The number of benzene rings is 1. The molecule has 2 N–H and O–H groups in total. The number of carboxylic acid groups (broad SMARTS) is 1. The molecule has 2 aromatic rings. The van der Waals surface area contributed by atoms with Crippen LogP contribution in [-0.4, -0.2) is 32.6 Å². The van der Waals surface area contributed by atoms with Crippen LogP contribution < -0.4 is 4.72 Å². The van der Waals surface area contributed by atoms with Gasteiger partial charge in [-0.3, -0.25) is 4.72 Å².